The number of hydrogen-bond donors (Lipinski definition) is 2. The molecule has 0 bridgehead atoms. The first-order chi connectivity index (χ1) is 7.24. The zero-order valence-electron chi connectivity index (χ0n) is 9.57. The number of carbonyl (C=O) groups excluding carboxylic acids is 1. The fraction of sp³-hybridized carbons (Fsp3) is 0.727. The summed E-state index contributed by atoms with van der Waals surface area (Å²) >= 11 is 0. The van der Waals surface area contributed by atoms with Crippen LogP contribution in [0, 0.1) is 0 Å². The molecular weight excluding hydrogens is 230 g/mol. The van der Waals surface area contributed by atoms with Gasteiger partial charge in [-0.25, -0.2) is 4.79 Å². The fourth-order valence-electron chi connectivity index (χ4n) is 1.43. The summed E-state index contributed by atoms with van der Waals surface area (Å²) in [6.07, 6.45) is 3.47. The molecule has 2 N–H and O–H groups in total. The lowest BCUT2D eigenvalue weighted by Crippen LogP contribution is -2.33. The van der Waals surface area contributed by atoms with E-state index in [0.29, 0.717) is 19.6 Å². The summed E-state index contributed by atoms with van der Waals surface area (Å²) in [6.45, 7) is 3.87. The van der Waals surface area contributed by atoms with Crippen LogP contribution in [0.1, 0.15) is 26.2 Å². The molecule has 0 saturated carbocycles. The van der Waals surface area contributed by atoms with Crippen LogP contribution in [0.3, 0.4) is 0 Å². The second kappa shape index (κ2) is 8.56. The van der Waals surface area contributed by atoms with E-state index in [0.717, 1.165) is 25.0 Å². The van der Waals surface area contributed by atoms with Crippen LogP contribution in [0.4, 0.5) is 0 Å². The Hall–Kier alpha value is -0.580. The Bertz CT molecular complexity index is 243. The number of rotatable bonds is 4. The first-order valence-corrected chi connectivity index (χ1v) is 5.50. The van der Waals surface area contributed by atoms with Crippen molar-refractivity contribution in [2.24, 2.45) is 0 Å². The van der Waals surface area contributed by atoms with Crippen LogP contribution in [0.2, 0.25) is 0 Å². The molecule has 16 heavy (non-hydrogen) atoms. The molecule has 1 aliphatic rings. The molecule has 0 aromatic carbocycles. The molecule has 1 saturated heterocycles. The Morgan fingerprint density at radius 3 is 3.06 bits per heavy atom. The van der Waals surface area contributed by atoms with Crippen molar-refractivity contribution < 1.29 is 14.6 Å². The van der Waals surface area contributed by atoms with Crippen molar-refractivity contribution in [2.45, 2.75) is 32.3 Å². The van der Waals surface area contributed by atoms with Crippen molar-refractivity contribution in [3.8, 4) is 0 Å². The van der Waals surface area contributed by atoms with Crippen molar-refractivity contribution in [3.05, 3.63) is 11.6 Å². The van der Waals surface area contributed by atoms with Crippen LogP contribution in [0.25, 0.3) is 0 Å². The summed E-state index contributed by atoms with van der Waals surface area (Å²) in [5.74, 6) is -0.346. The van der Waals surface area contributed by atoms with E-state index in [1.165, 1.54) is 6.08 Å². The summed E-state index contributed by atoms with van der Waals surface area (Å²) in [6, 6.07) is 0. The van der Waals surface area contributed by atoms with Gasteiger partial charge in [0.05, 0.1) is 12.7 Å². The van der Waals surface area contributed by atoms with Gasteiger partial charge in [-0.1, -0.05) is 13.3 Å². The van der Waals surface area contributed by atoms with E-state index in [2.05, 4.69) is 5.32 Å². The van der Waals surface area contributed by atoms with Gasteiger partial charge in [-0.05, 0) is 25.0 Å². The van der Waals surface area contributed by atoms with Gasteiger partial charge in [-0.2, -0.15) is 0 Å². The van der Waals surface area contributed by atoms with Gasteiger partial charge in [0.1, 0.15) is 0 Å². The third kappa shape index (κ3) is 5.49. The lowest BCUT2D eigenvalue weighted by molar-refractivity contribution is -0.138. The quantitative estimate of drug-likeness (QED) is 0.444. The normalized spacial score (nSPS) is 22.6. The number of aliphatic hydroxyl groups excluding tert-OH is 1. The van der Waals surface area contributed by atoms with Gasteiger partial charge in [0.2, 0.25) is 0 Å². The molecule has 1 unspecified atom stereocenters. The number of hydrogen-bond acceptors (Lipinski definition) is 4. The molecule has 0 radical (unpaired) electrons. The Kier molecular flexibility index (Phi) is 8.25. The highest BCUT2D eigenvalue weighted by Gasteiger charge is 2.16. The van der Waals surface area contributed by atoms with E-state index in [1.807, 2.05) is 6.92 Å². The lowest BCUT2D eigenvalue weighted by Gasteiger charge is -2.21. The van der Waals surface area contributed by atoms with Gasteiger partial charge in [0, 0.05) is 12.6 Å². The molecule has 1 atom stereocenters. The summed E-state index contributed by atoms with van der Waals surface area (Å²) in [7, 11) is 0. The van der Waals surface area contributed by atoms with E-state index >= 15 is 0 Å². The molecule has 1 heterocycles. The predicted molar refractivity (Wildman–Crippen MR) is 64.7 cm³/mol. The first-order valence-electron chi connectivity index (χ1n) is 5.50. The topological polar surface area (TPSA) is 58.6 Å². The Morgan fingerprint density at radius 2 is 2.44 bits per heavy atom. The average molecular weight is 250 g/mol. The molecule has 1 rings (SSSR count). The highest BCUT2D eigenvalue weighted by molar-refractivity contribution is 5.85. The second-order valence-corrected chi connectivity index (χ2v) is 3.72. The zero-order valence-corrected chi connectivity index (χ0v) is 10.4. The maximum Gasteiger partial charge on any atom is 0.330 e. The number of carbonyl (C=O) groups is 1. The SMILES string of the molecule is CCCCOC(=O)/C=C1/CNCCC1O.Cl. The number of esters is 1. The lowest BCUT2D eigenvalue weighted by atomic mass is 10.0. The minimum absolute atomic E-state index is 0. The van der Waals surface area contributed by atoms with Crippen LogP contribution in [0.5, 0.6) is 0 Å². The van der Waals surface area contributed by atoms with Crippen molar-refractivity contribution in [1.29, 1.82) is 0 Å². The fourth-order valence-corrected chi connectivity index (χ4v) is 1.43. The van der Waals surface area contributed by atoms with Gasteiger partial charge in [0.25, 0.3) is 0 Å². The van der Waals surface area contributed by atoms with Crippen molar-refractivity contribution >= 4 is 18.4 Å². The maximum absolute atomic E-state index is 11.3. The standard InChI is InChI=1S/C11H19NO3.ClH/c1-2-3-6-15-11(14)7-9-8-12-5-4-10(9)13;/h7,10,12-13H,2-6,8H2,1H3;1H/b9-7-;. The summed E-state index contributed by atoms with van der Waals surface area (Å²) in [5, 5.41) is 12.7. The average Bonchev–Trinajstić information content (AvgIpc) is 2.22. The Morgan fingerprint density at radius 1 is 1.69 bits per heavy atom. The summed E-state index contributed by atoms with van der Waals surface area (Å²) in [4.78, 5) is 11.3. The Labute approximate surface area is 102 Å². The first kappa shape index (κ1) is 15.4. The van der Waals surface area contributed by atoms with Crippen molar-refractivity contribution in [3.63, 3.8) is 0 Å². The molecule has 0 spiro atoms. The van der Waals surface area contributed by atoms with Crippen LogP contribution in [-0.2, 0) is 9.53 Å². The Balaban J connectivity index is 0.00000225. The van der Waals surface area contributed by atoms with E-state index in [1.54, 1.807) is 0 Å². The van der Waals surface area contributed by atoms with Gasteiger partial charge in [-0.3, -0.25) is 0 Å². The molecule has 1 fully saturated rings. The molecule has 4 nitrogen and oxygen atoms in total. The molecule has 0 aliphatic carbocycles. The molecule has 0 aromatic rings. The molecule has 5 heteroatoms. The van der Waals surface area contributed by atoms with Crippen LogP contribution in [0.15, 0.2) is 11.6 Å². The van der Waals surface area contributed by atoms with Crippen molar-refractivity contribution in [2.75, 3.05) is 19.7 Å². The zero-order chi connectivity index (χ0) is 11.1. The second-order valence-electron chi connectivity index (χ2n) is 3.72. The predicted octanol–water partition coefficient (Wildman–Crippen LogP) is 1.03. The third-order valence-electron chi connectivity index (χ3n) is 2.40. The number of unbranched alkanes of at least 4 members (excludes halogenated alkanes) is 1. The number of halogens is 1. The van der Waals surface area contributed by atoms with Crippen LogP contribution in [-0.4, -0.2) is 36.9 Å². The summed E-state index contributed by atoms with van der Waals surface area (Å²) in [5.41, 5.74) is 0.725. The van der Waals surface area contributed by atoms with Gasteiger partial charge >= 0.3 is 5.97 Å². The molecule has 0 amide bonds. The summed E-state index contributed by atoms with van der Waals surface area (Å²) < 4.78 is 4.98. The number of nitrogens with one attached hydrogen (secondary N) is 1. The third-order valence-corrected chi connectivity index (χ3v) is 2.40. The highest BCUT2D eigenvalue weighted by atomic mass is 35.5. The van der Waals surface area contributed by atoms with Gasteiger partial charge in [0.15, 0.2) is 0 Å². The van der Waals surface area contributed by atoms with Crippen LogP contribution < -0.4 is 5.32 Å². The monoisotopic (exact) mass is 249 g/mol. The largest absolute Gasteiger partial charge is 0.463 e. The van der Waals surface area contributed by atoms with E-state index in [-0.39, 0.29) is 18.4 Å². The number of ether oxygens (including phenoxy) is 1. The molecule has 94 valence electrons. The number of aliphatic hydroxyl groups is 1. The van der Waals surface area contributed by atoms with Crippen molar-refractivity contribution in [1.82, 2.24) is 5.32 Å². The van der Waals surface area contributed by atoms with Gasteiger partial charge < -0.3 is 15.2 Å². The maximum atomic E-state index is 11.3. The number of piperidine rings is 1. The van der Waals surface area contributed by atoms with E-state index in [9.17, 15) is 9.90 Å². The smallest absolute Gasteiger partial charge is 0.330 e. The highest BCUT2D eigenvalue weighted by Crippen LogP contribution is 2.09. The molecule has 0 aromatic heterocycles. The van der Waals surface area contributed by atoms with E-state index in [4.69, 9.17) is 4.74 Å². The minimum atomic E-state index is -0.495. The molecular formula is C11H20ClNO3. The molecule has 1 aliphatic heterocycles. The minimum Gasteiger partial charge on any atom is -0.463 e. The van der Waals surface area contributed by atoms with Gasteiger partial charge in [-0.15, -0.1) is 12.4 Å². The van der Waals surface area contributed by atoms with Crippen LogP contribution >= 0.6 is 12.4 Å². The van der Waals surface area contributed by atoms with E-state index < -0.39 is 6.10 Å².